The molecule has 1 aromatic carbocycles. The molecule has 0 unspecified atom stereocenters. The fourth-order valence-electron chi connectivity index (χ4n) is 2.98. The number of anilines is 2. The minimum absolute atomic E-state index is 0.0350. The molecule has 0 saturated heterocycles. The van der Waals surface area contributed by atoms with E-state index in [1.165, 1.54) is 40.9 Å². The minimum atomic E-state index is -0.527. The van der Waals surface area contributed by atoms with Crippen LogP contribution in [0.25, 0.3) is 0 Å². The molecule has 0 spiro atoms. The van der Waals surface area contributed by atoms with E-state index in [1.54, 1.807) is 6.07 Å². The first-order chi connectivity index (χ1) is 14.0. The fraction of sp³-hybridized carbons (Fsp3) is 0.211. The van der Waals surface area contributed by atoms with Crippen molar-refractivity contribution < 1.29 is 14.0 Å². The lowest BCUT2D eigenvalue weighted by molar-refractivity contribution is -0.117. The van der Waals surface area contributed by atoms with Gasteiger partial charge in [-0.25, -0.2) is 9.37 Å². The van der Waals surface area contributed by atoms with Crippen LogP contribution in [0.2, 0.25) is 5.02 Å². The maximum Gasteiger partial charge on any atom is 0.267 e. The van der Waals surface area contributed by atoms with Crippen LogP contribution in [0.3, 0.4) is 0 Å². The molecule has 0 bridgehead atoms. The number of amides is 2. The van der Waals surface area contributed by atoms with Gasteiger partial charge in [-0.05, 0) is 29.6 Å². The molecule has 0 radical (unpaired) electrons. The molecule has 3 aromatic rings. The Labute approximate surface area is 179 Å². The average molecular weight is 451 g/mol. The van der Waals surface area contributed by atoms with Crippen LogP contribution < -0.4 is 10.6 Å². The van der Waals surface area contributed by atoms with Gasteiger partial charge in [-0.3, -0.25) is 19.8 Å². The molecule has 0 aliphatic carbocycles. The molecular formula is C19H16ClFN4O2S2. The molecule has 0 atom stereocenters. The lowest BCUT2D eigenvalue weighted by Gasteiger charge is -2.25. The normalized spacial score (nSPS) is 13.7. The highest BCUT2D eigenvalue weighted by atomic mass is 35.5. The van der Waals surface area contributed by atoms with Crippen molar-refractivity contribution in [2.24, 2.45) is 0 Å². The topological polar surface area (TPSA) is 74.3 Å². The fourth-order valence-corrected chi connectivity index (χ4v) is 4.83. The number of hydrogen-bond acceptors (Lipinski definition) is 6. The third-order valence-corrected chi connectivity index (χ3v) is 6.50. The molecule has 0 saturated carbocycles. The molecule has 1 aliphatic heterocycles. The van der Waals surface area contributed by atoms with E-state index in [-0.39, 0.29) is 23.4 Å². The van der Waals surface area contributed by atoms with E-state index in [0.29, 0.717) is 35.2 Å². The Morgan fingerprint density at radius 1 is 1.28 bits per heavy atom. The molecule has 6 nitrogen and oxygen atoms in total. The predicted molar refractivity (Wildman–Crippen MR) is 113 cm³/mol. The number of carbonyl (C=O) groups is 2. The predicted octanol–water partition coefficient (Wildman–Crippen LogP) is 4.25. The van der Waals surface area contributed by atoms with E-state index in [0.717, 1.165) is 10.6 Å². The highest BCUT2D eigenvalue weighted by molar-refractivity contribution is 7.16. The van der Waals surface area contributed by atoms with Gasteiger partial charge < -0.3 is 5.32 Å². The van der Waals surface area contributed by atoms with E-state index in [2.05, 4.69) is 15.6 Å². The molecule has 4 rings (SSSR count). The van der Waals surface area contributed by atoms with Gasteiger partial charge in [-0.2, -0.15) is 0 Å². The van der Waals surface area contributed by atoms with Crippen LogP contribution in [0.4, 0.5) is 15.2 Å². The monoisotopic (exact) mass is 450 g/mol. The maximum absolute atomic E-state index is 13.2. The summed E-state index contributed by atoms with van der Waals surface area (Å²) >= 11 is 8.55. The van der Waals surface area contributed by atoms with Gasteiger partial charge in [0.2, 0.25) is 5.91 Å². The number of carbonyl (C=O) groups excluding carboxylic acids is 2. The van der Waals surface area contributed by atoms with Gasteiger partial charge in [0, 0.05) is 30.1 Å². The molecule has 2 amide bonds. The van der Waals surface area contributed by atoms with Crippen molar-refractivity contribution in [1.29, 1.82) is 0 Å². The number of nitrogens with one attached hydrogen (secondary N) is 2. The Morgan fingerprint density at radius 3 is 2.90 bits per heavy atom. The second-order valence-electron chi connectivity index (χ2n) is 6.46. The molecule has 29 heavy (non-hydrogen) atoms. The van der Waals surface area contributed by atoms with Crippen molar-refractivity contribution in [2.75, 3.05) is 23.7 Å². The van der Waals surface area contributed by atoms with E-state index in [9.17, 15) is 14.0 Å². The van der Waals surface area contributed by atoms with Crippen LogP contribution in [0, 0.1) is 5.82 Å². The summed E-state index contributed by atoms with van der Waals surface area (Å²) in [5.74, 6) is -0.896. The molecule has 0 fully saturated rings. The van der Waals surface area contributed by atoms with Gasteiger partial charge in [-0.15, -0.1) is 22.7 Å². The third-order valence-electron chi connectivity index (χ3n) is 4.35. The zero-order valence-electron chi connectivity index (χ0n) is 15.1. The molecule has 150 valence electrons. The Bertz CT molecular complexity index is 1050. The van der Waals surface area contributed by atoms with E-state index < -0.39 is 5.82 Å². The van der Waals surface area contributed by atoms with Crippen molar-refractivity contribution in [2.45, 2.75) is 13.0 Å². The number of fused-ring (bicyclic) bond motifs is 1. The Balaban J connectivity index is 1.34. The molecule has 10 heteroatoms. The molecule has 3 heterocycles. The number of hydrogen-bond donors (Lipinski definition) is 2. The van der Waals surface area contributed by atoms with Gasteiger partial charge in [0.15, 0.2) is 5.13 Å². The average Bonchev–Trinajstić information content (AvgIpc) is 3.34. The van der Waals surface area contributed by atoms with Gasteiger partial charge >= 0.3 is 0 Å². The summed E-state index contributed by atoms with van der Waals surface area (Å²) in [4.78, 5) is 32.7. The highest BCUT2D eigenvalue weighted by Gasteiger charge is 2.23. The van der Waals surface area contributed by atoms with Crippen LogP contribution in [-0.2, 0) is 17.8 Å². The quantitative estimate of drug-likeness (QED) is 0.609. The summed E-state index contributed by atoms with van der Waals surface area (Å²) < 4.78 is 13.2. The van der Waals surface area contributed by atoms with Crippen molar-refractivity contribution in [3.63, 3.8) is 0 Å². The minimum Gasteiger partial charge on any atom is -0.325 e. The van der Waals surface area contributed by atoms with Crippen molar-refractivity contribution in [3.05, 3.63) is 62.0 Å². The smallest absolute Gasteiger partial charge is 0.267 e. The lowest BCUT2D eigenvalue weighted by atomic mass is 10.2. The van der Waals surface area contributed by atoms with E-state index in [4.69, 9.17) is 11.6 Å². The van der Waals surface area contributed by atoms with Gasteiger partial charge in [0.1, 0.15) is 5.82 Å². The van der Waals surface area contributed by atoms with Gasteiger partial charge in [-0.1, -0.05) is 17.7 Å². The molecule has 2 aromatic heterocycles. The number of rotatable bonds is 5. The van der Waals surface area contributed by atoms with E-state index in [1.807, 2.05) is 16.3 Å². The van der Waals surface area contributed by atoms with Crippen molar-refractivity contribution in [3.8, 4) is 0 Å². The molecule has 1 aliphatic rings. The summed E-state index contributed by atoms with van der Waals surface area (Å²) in [7, 11) is 0. The molecule has 2 N–H and O–H groups in total. The van der Waals surface area contributed by atoms with Crippen molar-refractivity contribution in [1.82, 2.24) is 9.88 Å². The van der Waals surface area contributed by atoms with Crippen LogP contribution in [-0.4, -0.2) is 34.8 Å². The molecular weight excluding hydrogens is 435 g/mol. The number of thiazole rings is 1. The first kappa shape index (κ1) is 20.0. The number of benzene rings is 1. The second kappa shape index (κ2) is 8.58. The maximum atomic E-state index is 13.2. The summed E-state index contributed by atoms with van der Waals surface area (Å²) in [6.45, 7) is 1.47. The summed E-state index contributed by atoms with van der Waals surface area (Å²) in [5, 5.41) is 7.95. The number of thiophene rings is 1. The Morgan fingerprint density at radius 2 is 2.14 bits per heavy atom. The second-order valence-corrected chi connectivity index (χ2v) is 8.90. The van der Waals surface area contributed by atoms with Crippen LogP contribution in [0.1, 0.15) is 20.2 Å². The first-order valence-corrected chi connectivity index (χ1v) is 10.9. The van der Waals surface area contributed by atoms with E-state index >= 15 is 0 Å². The Kier molecular flexibility index (Phi) is 5.91. The summed E-state index contributed by atoms with van der Waals surface area (Å²) in [5.41, 5.74) is 1.41. The third kappa shape index (κ3) is 4.81. The van der Waals surface area contributed by atoms with Gasteiger partial charge in [0.25, 0.3) is 5.91 Å². The number of aromatic nitrogens is 1. The largest absolute Gasteiger partial charge is 0.325 e. The van der Waals surface area contributed by atoms with Crippen LogP contribution >= 0.6 is 34.3 Å². The SMILES string of the molecule is O=C(CN1CCc2nc(NC(=O)c3cccs3)sc2C1)Nc1ccc(F)c(Cl)c1. The Hall–Kier alpha value is -2.33. The van der Waals surface area contributed by atoms with Gasteiger partial charge in [0.05, 0.1) is 22.1 Å². The summed E-state index contributed by atoms with van der Waals surface area (Å²) in [6, 6.07) is 7.67. The number of halogens is 2. The van der Waals surface area contributed by atoms with Crippen molar-refractivity contribution >= 4 is 56.9 Å². The van der Waals surface area contributed by atoms with Crippen LogP contribution in [0.5, 0.6) is 0 Å². The zero-order chi connectivity index (χ0) is 20.4. The standard InChI is InChI=1S/C19H16ClFN4O2S2/c20-12-8-11(3-4-13(12)21)22-17(26)10-25-6-5-14-16(9-25)29-19(23-14)24-18(27)15-2-1-7-28-15/h1-4,7-8H,5-6,9-10H2,(H,22,26)(H,23,24,27). The first-order valence-electron chi connectivity index (χ1n) is 8.78. The summed E-state index contributed by atoms with van der Waals surface area (Å²) in [6.07, 6.45) is 0.705. The van der Waals surface area contributed by atoms with Crippen LogP contribution in [0.15, 0.2) is 35.7 Å². The highest BCUT2D eigenvalue weighted by Crippen LogP contribution is 2.29. The lowest BCUT2D eigenvalue weighted by Crippen LogP contribution is -2.36. The number of nitrogens with zero attached hydrogens (tertiary/aromatic N) is 2. The zero-order valence-corrected chi connectivity index (χ0v) is 17.5.